The van der Waals surface area contributed by atoms with Crippen molar-refractivity contribution in [3.05, 3.63) is 30.1 Å². The van der Waals surface area contributed by atoms with Crippen LogP contribution < -0.4 is 11.5 Å². The first-order chi connectivity index (χ1) is 11.3. The van der Waals surface area contributed by atoms with Crippen molar-refractivity contribution in [3.8, 4) is 0 Å². The molecule has 4 N–H and O–H groups in total. The lowest BCUT2D eigenvalue weighted by atomic mass is 10.2. The molecule has 122 valence electrons. The fourth-order valence-electron chi connectivity index (χ4n) is 3.15. The third kappa shape index (κ3) is 3.01. The van der Waals surface area contributed by atoms with E-state index in [1.807, 2.05) is 18.3 Å². The molecule has 0 unspecified atom stereocenters. The van der Waals surface area contributed by atoms with Gasteiger partial charge >= 0.3 is 0 Å². The van der Waals surface area contributed by atoms with E-state index in [0.29, 0.717) is 5.82 Å². The number of fused-ring (bicyclic) bond motifs is 3. The summed E-state index contributed by atoms with van der Waals surface area (Å²) >= 11 is 0. The van der Waals surface area contributed by atoms with Crippen molar-refractivity contribution in [2.24, 2.45) is 5.73 Å². The van der Waals surface area contributed by atoms with Gasteiger partial charge in [0.2, 0.25) is 0 Å². The first-order valence-corrected chi connectivity index (χ1v) is 8.48. The third-order valence-corrected chi connectivity index (χ3v) is 4.33. The largest absolute Gasteiger partial charge is 0.383 e. The van der Waals surface area contributed by atoms with E-state index < -0.39 is 0 Å². The van der Waals surface area contributed by atoms with Crippen molar-refractivity contribution in [1.82, 2.24) is 14.5 Å². The summed E-state index contributed by atoms with van der Waals surface area (Å²) in [6, 6.07) is 6.07. The predicted molar refractivity (Wildman–Crippen MR) is 96.3 cm³/mol. The molecule has 23 heavy (non-hydrogen) atoms. The van der Waals surface area contributed by atoms with Crippen molar-refractivity contribution in [3.63, 3.8) is 0 Å². The number of nitrogen functional groups attached to an aromatic ring is 1. The Labute approximate surface area is 136 Å². The summed E-state index contributed by atoms with van der Waals surface area (Å²) < 4.78 is 2.38. The highest BCUT2D eigenvalue weighted by molar-refractivity contribution is 6.06. The van der Waals surface area contributed by atoms with Gasteiger partial charge in [-0.2, -0.15) is 0 Å². The molecular weight excluding hydrogens is 286 g/mol. The molecule has 0 aromatic carbocycles. The number of nitrogens with two attached hydrogens (primary N) is 2. The molecule has 0 aliphatic rings. The summed E-state index contributed by atoms with van der Waals surface area (Å²) in [7, 11) is 0. The molecular formula is C18H25N5. The number of hydrogen-bond acceptors (Lipinski definition) is 4. The first-order valence-electron chi connectivity index (χ1n) is 8.48. The second-order valence-corrected chi connectivity index (χ2v) is 6.02. The van der Waals surface area contributed by atoms with E-state index in [-0.39, 0.29) is 0 Å². The second kappa shape index (κ2) is 6.96. The highest BCUT2D eigenvalue weighted by atomic mass is 15.0. The van der Waals surface area contributed by atoms with E-state index >= 15 is 0 Å². The van der Waals surface area contributed by atoms with Crippen LogP contribution in [0.2, 0.25) is 0 Å². The molecule has 5 nitrogen and oxygen atoms in total. The maximum Gasteiger partial charge on any atom is 0.133 e. The maximum atomic E-state index is 6.22. The number of anilines is 1. The molecule has 0 aliphatic heterocycles. The molecule has 3 aromatic rings. The van der Waals surface area contributed by atoms with Crippen molar-refractivity contribution >= 4 is 27.8 Å². The van der Waals surface area contributed by atoms with E-state index in [1.165, 1.54) is 18.5 Å². The van der Waals surface area contributed by atoms with Gasteiger partial charge in [0.1, 0.15) is 11.3 Å². The average Bonchev–Trinajstić information content (AvgIpc) is 2.93. The minimum Gasteiger partial charge on any atom is -0.383 e. The summed E-state index contributed by atoms with van der Waals surface area (Å²) in [5.74, 6) is 0.593. The van der Waals surface area contributed by atoms with Crippen LogP contribution in [0.5, 0.6) is 0 Å². The van der Waals surface area contributed by atoms with Gasteiger partial charge in [-0.05, 0) is 50.4 Å². The van der Waals surface area contributed by atoms with E-state index in [0.717, 1.165) is 54.3 Å². The van der Waals surface area contributed by atoms with Gasteiger partial charge in [0, 0.05) is 23.8 Å². The lowest BCUT2D eigenvalue weighted by Crippen LogP contribution is -2.07. The van der Waals surface area contributed by atoms with Gasteiger partial charge in [-0.3, -0.25) is 4.98 Å². The molecule has 3 rings (SSSR count). The number of rotatable bonds is 7. The van der Waals surface area contributed by atoms with Crippen molar-refractivity contribution in [2.45, 2.75) is 45.6 Å². The van der Waals surface area contributed by atoms with Gasteiger partial charge in [0.15, 0.2) is 0 Å². The molecule has 0 aliphatic carbocycles. The van der Waals surface area contributed by atoms with Gasteiger partial charge in [0.25, 0.3) is 0 Å². The zero-order chi connectivity index (χ0) is 16.2. The fraction of sp³-hybridized carbons (Fsp3) is 0.444. The van der Waals surface area contributed by atoms with Crippen LogP contribution in [0.15, 0.2) is 24.4 Å². The topological polar surface area (TPSA) is 82.8 Å². The van der Waals surface area contributed by atoms with Crippen LogP contribution in [0.1, 0.15) is 38.3 Å². The third-order valence-electron chi connectivity index (χ3n) is 4.33. The number of hydrogen-bond donors (Lipinski definition) is 2. The number of unbranched alkanes of at least 4 members (excludes halogenated alkanes) is 2. The van der Waals surface area contributed by atoms with Crippen LogP contribution in [-0.4, -0.2) is 21.1 Å². The molecule has 5 heteroatoms. The lowest BCUT2D eigenvalue weighted by Gasteiger charge is -2.11. The number of nitrogens with zero attached hydrogens (tertiary/aromatic N) is 3. The summed E-state index contributed by atoms with van der Waals surface area (Å²) in [5, 5.41) is 1.02. The molecule has 3 heterocycles. The number of aryl methyl sites for hydroxylation is 2. The van der Waals surface area contributed by atoms with Crippen molar-refractivity contribution in [1.29, 1.82) is 0 Å². The molecule has 0 saturated carbocycles. The van der Waals surface area contributed by atoms with Gasteiger partial charge in [0.05, 0.1) is 11.0 Å². The van der Waals surface area contributed by atoms with Crippen LogP contribution in [0.25, 0.3) is 21.9 Å². The molecule has 0 spiro atoms. The van der Waals surface area contributed by atoms with Crippen LogP contribution in [0.4, 0.5) is 5.82 Å². The molecule has 0 radical (unpaired) electrons. The Balaban J connectivity index is 2.19. The molecule has 0 atom stereocenters. The zero-order valence-electron chi connectivity index (χ0n) is 13.8. The summed E-state index contributed by atoms with van der Waals surface area (Å²) in [4.78, 5) is 9.09. The minimum absolute atomic E-state index is 0.593. The molecule has 0 fully saturated rings. The van der Waals surface area contributed by atoms with Gasteiger partial charge < -0.3 is 16.0 Å². The normalized spacial score (nSPS) is 11.6. The number of aromatic nitrogens is 3. The highest BCUT2D eigenvalue weighted by Crippen LogP contribution is 2.30. The molecule has 0 bridgehead atoms. The van der Waals surface area contributed by atoms with Gasteiger partial charge in [-0.15, -0.1) is 0 Å². The Morgan fingerprint density at radius 1 is 1.22 bits per heavy atom. The Morgan fingerprint density at radius 3 is 2.87 bits per heavy atom. The van der Waals surface area contributed by atoms with E-state index in [1.54, 1.807) is 0 Å². The van der Waals surface area contributed by atoms with Gasteiger partial charge in [-0.1, -0.05) is 13.3 Å². The quantitative estimate of drug-likeness (QED) is 0.656. The summed E-state index contributed by atoms with van der Waals surface area (Å²) in [6.45, 7) is 3.90. The van der Waals surface area contributed by atoms with Gasteiger partial charge in [-0.25, -0.2) is 4.98 Å². The average molecular weight is 311 g/mol. The van der Waals surface area contributed by atoms with Crippen molar-refractivity contribution in [2.75, 3.05) is 12.3 Å². The van der Waals surface area contributed by atoms with Crippen LogP contribution in [-0.2, 0) is 13.0 Å². The fourth-order valence-corrected chi connectivity index (χ4v) is 3.15. The van der Waals surface area contributed by atoms with Crippen molar-refractivity contribution < 1.29 is 0 Å². The summed E-state index contributed by atoms with van der Waals surface area (Å²) in [5.41, 5.74) is 16.1. The van der Waals surface area contributed by atoms with E-state index in [9.17, 15) is 0 Å². The minimum atomic E-state index is 0.593. The Morgan fingerprint density at radius 2 is 2.09 bits per heavy atom. The Bertz CT molecular complexity index is 806. The summed E-state index contributed by atoms with van der Waals surface area (Å²) in [6.07, 6.45) is 7.32. The Hall–Kier alpha value is -2.14. The molecule has 0 saturated heterocycles. The van der Waals surface area contributed by atoms with E-state index in [2.05, 4.69) is 27.5 Å². The van der Waals surface area contributed by atoms with Crippen LogP contribution >= 0.6 is 0 Å². The Kier molecular flexibility index (Phi) is 4.76. The zero-order valence-corrected chi connectivity index (χ0v) is 13.8. The highest BCUT2D eigenvalue weighted by Gasteiger charge is 2.15. The first kappa shape index (κ1) is 15.7. The lowest BCUT2D eigenvalue weighted by molar-refractivity contribution is 0.602. The number of pyridine rings is 2. The predicted octanol–water partition coefficient (Wildman–Crippen LogP) is 3.25. The monoisotopic (exact) mass is 311 g/mol. The molecule has 3 aromatic heterocycles. The maximum absolute atomic E-state index is 6.22. The molecule has 0 amide bonds. The smallest absolute Gasteiger partial charge is 0.133 e. The van der Waals surface area contributed by atoms with E-state index in [4.69, 9.17) is 11.5 Å². The standard InChI is InChI=1S/C18H25N5/c1-2-3-7-13-12-14-17(23(13)11-5-4-9-19)16-15(22-18(14)20)8-6-10-21-16/h6,8,10,12H,2-5,7,9,11,19H2,1H3,(H2,20,22). The van der Waals surface area contributed by atoms with Crippen LogP contribution in [0, 0.1) is 0 Å². The SMILES string of the molecule is CCCCc1cc2c(N)nc3cccnc3c2n1CCCCN. The second-order valence-electron chi connectivity index (χ2n) is 6.02. The van der Waals surface area contributed by atoms with Crippen LogP contribution in [0.3, 0.4) is 0 Å².